The Balaban J connectivity index is 2.24. The lowest BCUT2D eigenvalue weighted by Gasteiger charge is -2.19. The molecule has 2 aromatic carbocycles. The van der Waals surface area contributed by atoms with E-state index in [2.05, 4.69) is 5.32 Å². The molecule has 0 bridgehead atoms. The quantitative estimate of drug-likeness (QED) is 0.649. The zero-order valence-corrected chi connectivity index (χ0v) is 17.1. The zero-order chi connectivity index (χ0) is 21.8. The van der Waals surface area contributed by atoms with Gasteiger partial charge in [0.15, 0.2) is 0 Å². The average Bonchev–Trinajstić information content (AvgIpc) is 2.63. The Hall–Kier alpha value is -2.46. The Kier molecular flexibility index (Phi) is 7.02. The lowest BCUT2D eigenvalue weighted by molar-refractivity contribution is -0.136. The van der Waals surface area contributed by atoms with E-state index in [-0.39, 0.29) is 15.9 Å². The van der Waals surface area contributed by atoms with Crippen LogP contribution in [0.5, 0.6) is 0 Å². The third kappa shape index (κ3) is 5.77. The van der Waals surface area contributed by atoms with E-state index in [9.17, 15) is 26.4 Å². The number of carbonyl (C=O) groups excluding carboxylic acids is 1. The van der Waals surface area contributed by atoms with Crippen LogP contribution in [-0.2, 0) is 16.2 Å². The average molecular weight is 450 g/mol. The van der Waals surface area contributed by atoms with Crippen molar-refractivity contribution in [1.82, 2.24) is 4.90 Å². The fourth-order valence-corrected chi connectivity index (χ4v) is 3.73. The normalized spacial score (nSPS) is 11.8. The molecule has 2 N–H and O–H groups in total. The van der Waals surface area contributed by atoms with Crippen molar-refractivity contribution in [2.75, 3.05) is 23.1 Å². The van der Waals surface area contributed by atoms with Gasteiger partial charge < -0.3 is 10.2 Å². The predicted octanol–water partition coefficient (Wildman–Crippen LogP) is 5.03. The summed E-state index contributed by atoms with van der Waals surface area (Å²) in [5.41, 5.74) is -1.49. The number of carbonyl (C=O) groups is 1. The standard InChI is InChI=1S/C18H19ClF3N3O3S/c1-3-25(4-2)17(26)23-13-6-8-14(9-7-13)29(27,28)24-16-10-5-12(19)11-15(16)18(20,21)22/h5-11,24H,3-4H2,1-2H3,(H,23,26). The zero-order valence-electron chi connectivity index (χ0n) is 15.5. The highest BCUT2D eigenvalue weighted by molar-refractivity contribution is 7.92. The molecule has 0 fully saturated rings. The van der Waals surface area contributed by atoms with Crippen molar-refractivity contribution in [2.24, 2.45) is 0 Å². The molecule has 11 heteroatoms. The molecule has 0 heterocycles. The summed E-state index contributed by atoms with van der Waals surface area (Å²) in [6.45, 7) is 4.63. The Bertz CT molecular complexity index is 976. The first-order chi connectivity index (χ1) is 13.5. The molecular weight excluding hydrogens is 431 g/mol. The van der Waals surface area contributed by atoms with Gasteiger partial charge in [0.25, 0.3) is 10.0 Å². The highest BCUT2D eigenvalue weighted by atomic mass is 35.5. The Morgan fingerprint density at radius 3 is 2.17 bits per heavy atom. The van der Waals surface area contributed by atoms with E-state index in [1.54, 1.807) is 0 Å². The van der Waals surface area contributed by atoms with Crippen LogP contribution in [0.3, 0.4) is 0 Å². The van der Waals surface area contributed by atoms with Gasteiger partial charge in [-0.05, 0) is 56.3 Å². The molecule has 2 aromatic rings. The molecule has 2 rings (SSSR count). The van der Waals surface area contributed by atoms with E-state index in [1.165, 1.54) is 29.2 Å². The first-order valence-corrected chi connectivity index (χ1v) is 10.4. The molecule has 2 amide bonds. The van der Waals surface area contributed by atoms with Crippen LogP contribution in [0.15, 0.2) is 47.4 Å². The largest absolute Gasteiger partial charge is 0.418 e. The van der Waals surface area contributed by atoms with Crippen LogP contribution < -0.4 is 10.0 Å². The topological polar surface area (TPSA) is 78.5 Å². The number of halogens is 4. The Morgan fingerprint density at radius 2 is 1.66 bits per heavy atom. The summed E-state index contributed by atoms with van der Waals surface area (Å²) in [4.78, 5) is 13.3. The molecule has 0 saturated heterocycles. The first kappa shape index (κ1) is 22.8. The number of amides is 2. The monoisotopic (exact) mass is 449 g/mol. The van der Waals surface area contributed by atoms with E-state index in [1.807, 2.05) is 18.6 Å². The van der Waals surface area contributed by atoms with Gasteiger partial charge in [0, 0.05) is 23.8 Å². The van der Waals surface area contributed by atoms with Gasteiger partial charge in [0.1, 0.15) is 0 Å². The van der Waals surface area contributed by atoms with Gasteiger partial charge in [-0.2, -0.15) is 13.2 Å². The van der Waals surface area contributed by atoms with Crippen molar-refractivity contribution in [3.05, 3.63) is 53.1 Å². The SMILES string of the molecule is CCN(CC)C(=O)Nc1ccc(S(=O)(=O)Nc2ccc(Cl)cc2C(F)(F)F)cc1. The van der Waals surface area contributed by atoms with Gasteiger partial charge in [-0.1, -0.05) is 11.6 Å². The van der Waals surface area contributed by atoms with Crippen molar-refractivity contribution in [1.29, 1.82) is 0 Å². The van der Waals surface area contributed by atoms with Crippen molar-refractivity contribution >= 4 is 39.0 Å². The van der Waals surface area contributed by atoms with E-state index < -0.39 is 27.5 Å². The number of anilines is 2. The summed E-state index contributed by atoms with van der Waals surface area (Å²) in [6, 6.07) is 7.46. The maximum Gasteiger partial charge on any atom is 0.418 e. The molecule has 0 aliphatic carbocycles. The van der Waals surface area contributed by atoms with E-state index in [0.717, 1.165) is 12.1 Å². The summed E-state index contributed by atoms with van der Waals surface area (Å²) >= 11 is 5.60. The minimum Gasteiger partial charge on any atom is -0.325 e. The highest BCUT2D eigenvalue weighted by Crippen LogP contribution is 2.37. The summed E-state index contributed by atoms with van der Waals surface area (Å²) in [5.74, 6) is 0. The lowest BCUT2D eigenvalue weighted by Crippen LogP contribution is -2.34. The van der Waals surface area contributed by atoms with Gasteiger partial charge in [0.05, 0.1) is 16.1 Å². The molecule has 0 spiro atoms. The molecule has 6 nitrogen and oxygen atoms in total. The minimum absolute atomic E-state index is 0.173. The van der Waals surface area contributed by atoms with Crippen molar-refractivity contribution in [3.63, 3.8) is 0 Å². The third-order valence-electron chi connectivity index (χ3n) is 4.00. The number of alkyl halides is 3. The van der Waals surface area contributed by atoms with Crippen LogP contribution in [0, 0.1) is 0 Å². The minimum atomic E-state index is -4.79. The molecule has 29 heavy (non-hydrogen) atoms. The summed E-state index contributed by atoms with van der Waals surface area (Å²) in [5, 5.41) is 2.44. The van der Waals surface area contributed by atoms with Gasteiger partial charge in [-0.25, -0.2) is 13.2 Å². The first-order valence-electron chi connectivity index (χ1n) is 8.53. The summed E-state index contributed by atoms with van der Waals surface area (Å²) in [6.07, 6.45) is -4.79. The van der Waals surface area contributed by atoms with Crippen LogP contribution in [0.4, 0.5) is 29.3 Å². The molecule has 0 atom stereocenters. The maximum atomic E-state index is 13.2. The smallest absolute Gasteiger partial charge is 0.325 e. The third-order valence-corrected chi connectivity index (χ3v) is 5.61. The number of nitrogens with zero attached hydrogens (tertiary/aromatic N) is 1. The van der Waals surface area contributed by atoms with Gasteiger partial charge in [-0.3, -0.25) is 4.72 Å². The van der Waals surface area contributed by atoms with Crippen molar-refractivity contribution in [3.8, 4) is 0 Å². The van der Waals surface area contributed by atoms with Crippen LogP contribution >= 0.6 is 11.6 Å². The maximum absolute atomic E-state index is 13.2. The van der Waals surface area contributed by atoms with Gasteiger partial charge in [-0.15, -0.1) is 0 Å². The van der Waals surface area contributed by atoms with Crippen molar-refractivity contribution in [2.45, 2.75) is 24.9 Å². The molecule has 0 aromatic heterocycles. The molecule has 0 saturated carbocycles. The number of rotatable bonds is 6. The number of hydrogen-bond donors (Lipinski definition) is 2. The Morgan fingerprint density at radius 1 is 1.07 bits per heavy atom. The van der Waals surface area contributed by atoms with Crippen LogP contribution in [0.25, 0.3) is 0 Å². The molecule has 0 aliphatic heterocycles. The molecule has 0 aliphatic rings. The second-order valence-corrected chi connectivity index (χ2v) is 8.04. The summed E-state index contributed by atoms with van der Waals surface area (Å²) < 4.78 is 66.4. The van der Waals surface area contributed by atoms with Gasteiger partial charge >= 0.3 is 12.2 Å². The molecule has 0 radical (unpaired) electrons. The second-order valence-electron chi connectivity index (χ2n) is 5.92. The fourth-order valence-electron chi connectivity index (χ4n) is 2.47. The van der Waals surface area contributed by atoms with E-state index in [4.69, 9.17) is 11.6 Å². The number of hydrogen-bond acceptors (Lipinski definition) is 3. The molecule has 0 unspecified atom stereocenters. The number of urea groups is 1. The Labute approximate surface area is 171 Å². The van der Waals surface area contributed by atoms with Crippen LogP contribution in [0.2, 0.25) is 5.02 Å². The predicted molar refractivity (Wildman–Crippen MR) is 106 cm³/mol. The van der Waals surface area contributed by atoms with Crippen LogP contribution in [0.1, 0.15) is 19.4 Å². The lowest BCUT2D eigenvalue weighted by atomic mass is 10.2. The van der Waals surface area contributed by atoms with Gasteiger partial charge in [0.2, 0.25) is 0 Å². The number of benzene rings is 2. The fraction of sp³-hybridized carbons (Fsp3) is 0.278. The van der Waals surface area contributed by atoms with Crippen molar-refractivity contribution < 1.29 is 26.4 Å². The van der Waals surface area contributed by atoms with Crippen LogP contribution in [-0.4, -0.2) is 32.4 Å². The number of sulfonamides is 1. The molecule has 158 valence electrons. The molecular formula is C18H19ClF3N3O3S. The van der Waals surface area contributed by atoms with E-state index in [0.29, 0.717) is 24.8 Å². The van der Waals surface area contributed by atoms with E-state index >= 15 is 0 Å². The second kappa shape index (κ2) is 8.91. The highest BCUT2D eigenvalue weighted by Gasteiger charge is 2.35. The summed E-state index contributed by atoms with van der Waals surface area (Å²) in [7, 11) is -4.30. The number of nitrogens with one attached hydrogen (secondary N) is 2.